The molecule has 0 spiro atoms. The van der Waals surface area contributed by atoms with Gasteiger partial charge in [-0.05, 0) is 0 Å². The van der Waals surface area contributed by atoms with Crippen LogP contribution in [0.3, 0.4) is 0 Å². The summed E-state index contributed by atoms with van der Waals surface area (Å²) >= 11 is 0. The van der Waals surface area contributed by atoms with Crippen LogP contribution < -0.4 is 0 Å². The van der Waals surface area contributed by atoms with Crippen LogP contribution in [-0.2, 0) is 9.78 Å². The molecule has 0 rings (SSSR count). The molecule has 0 aliphatic heterocycles. The zero-order valence-electron chi connectivity index (χ0n) is 9.30. The molecule has 0 saturated heterocycles. The Bertz CT molecular complexity index is 98.8. The highest BCUT2D eigenvalue weighted by Crippen LogP contribution is 1.88. The first kappa shape index (κ1) is 17.2. The van der Waals surface area contributed by atoms with Gasteiger partial charge in [0.05, 0.1) is 13.2 Å². The Morgan fingerprint density at radius 3 is 1.33 bits per heavy atom. The van der Waals surface area contributed by atoms with E-state index in [4.69, 9.17) is 20.4 Å². The predicted molar refractivity (Wildman–Crippen MR) is 54.1 cm³/mol. The Morgan fingerprint density at radius 2 is 1.13 bits per heavy atom. The van der Waals surface area contributed by atoms with Crippen molar-refractivity contribution in [3.63, 3.8) is 0 Å². The van der Waals surface area contributed by atoms with Gasteiger partial charge in [-0.25, -0.2) is 9.78 Å². The minimum absolute atomic E-state index is 0.172. The summed E-state index contributed by atoms with van der Waals surface area (Å²) in [5.74, 6) is 0. The van der Waals surface area contributed by atoms with Gasteiger partial charge in [-0.3, -0.25) is 0 Å². The van der Waals surface area contributed by atoms with Crippen molar-refractivity contribution in [2.24, 2.45) is 0 Å². The average molecular weight is 226 g/mol. The summed E-state index contributed by atoms with van der Waals surface area (Å²) in [6.45, 7) is 3.08. The predicted octanol–water partition coefficient (Wildman–Crippen LogP) is -0.943. The van der Waals surface area contributed by atoms with Gasteiger partial charge in [0.15, 0.2) is 0 Å². The van der Waals surface area contributed by atoms with Crippen LogP contribution in [0.5, 0.6) is 0 Å². The van der Waals surface area contributed by atoms with Crippen molar-refractivity contribution < 1.29 is 30.2 Å². The fourth-order valence-corrected chi connectivity index (χ4v) is 0.359. The molecular weight excluding hydrogens is 204 g/mol. The Balaban J connectivity index is 0. The van der Waals surface area contributed by atoms with Crippen LogP contribution in [0.15, 0.2) is 0 Å². The van der Waals surface area contributed by atoms with Gasteiger partial charge in [0.1, 0.15) is 25.4 Å². The summed E-state index contributed by atoms with van der Waals surface area (Å²) in [7, 11) is 0. The van der Waals surface area contributed by atoms with Crippen LogP contribution >= 0.6 is 0 Å². The maximum absolute atomic E-state index is 8.71. The highest BCUT2D eigenvalue weighted by molar-refractivity contribution is 4.48. The van der Waals surface area contributed by atoms with E-state index >= 15 is 0 Å². The van der Waals surface area contributed by atoms with Crippen molar-refractivity contribution in [2.75, 3.05) is 26.4 Å². The molecule has 4 N–H and O–H groups in total. The van der Waals surface area contributed by atoms with Crippen molar-refractivity contribution in [3.05, 3.63) is 0 Å². The Hall–Kier alpha value is -0.240. The molecule has 6 nitrogen and oxygen atoms in total. The minimum Gasteiger partial charge on any atom is -0.394 e. The second kappa shape index (κ2) is 13.8. The van der Waals surface area contributed by atoms with E-state index in [2.05, 4.69) is 23.6 Å². The molecule has 0 amide bonds. The molecule has 0 aromatic carbocycles. The molecule has 2 unspecified atom stereocenters. The third kappa shape index (κ3) is 16.4. The van der Waals surface area contributed by atoms with Crippen LogP contribution in [-0.4, -0.2) is 59.1 Å². The normalized spacial score (nSPS) is 14.0. The van der Waals surface area contributed by atoms with Gasteiger partial charge in [0, 0.05) is 0 Å². The molecule has 0 aromatic heterocycles. The Labute approximate surface area is 90.0 Å². The van der Waals surface area contributed by atoms with E-state index in [0.29, 0.717) is 0 Å². The second-order valence-corrected chi connectivity index (χ2v) is 2.95. The van der Waals surface area contributed by atoms with Crippen molar-refractivity contribution >= 4 is 0 Å². The van der Waals surface area contributed by atoms with Crippen LogP contribution in [0.25, 0.3) is 0 Å². The van der Waals surface area contributed by atoms with E-state index in [1.807, 2.05) is 0 Å². The molecule has 0 bridgehead atoms. The summed E-state index contributed by atoms with van der Waals surface area (Å²) in [6, 6.07) is 0. The van der Waals surface area contributed by atoms with Crippen molar-refractivity contribution in [3.8, 4) is 0 Å². The molecule has 0 radical (unpaired) electrons. The summed E-state index contributed by atoms with van der Waals surface area (Å²) < 4.78 is 0. The molecule has 6 heteroatoms. The maximum atomic E-state index is 8.71. The van der Waals surface area contributed by atoms with Crippen molar-refractivity contribution in [1.29, 1.82) is 0 Å². The molecule has 0 aliphatic carbocycles. The molecule has 15 heavy (non-hydrogen) atoms. The highest BCUT2D eigenvalue weighted by Gasteiger charge is 2.04. The fraction of sp³-hybridized carbons (Fsp3) is 1.00. The lowest BCUT2D eigenvalue weighted by molar-refractivity contribution is -0.316. The Kier molecular flexibility index (Phi) is 15.7. The SMILES string of the molecule is CCC.OCC(O)COOCC(O)CO. The van der Waals surface area contributed by atoms with Gasteiger partial charge in [0.2, 0.25) is 0 Å². The van der Waals surface area contributed by atoms with Crippen molar-refractivity contribution in [1.82, 2.24) is 0 Å². The van der Waals surface area contributed by atoms with Crippen molar-refractivity contribution in [2.45, 2.75) is 32.5 Å². The number of aliphatic hydroxyl groups excluding tert-OH is 4. The summed E-state index contributed by atoms with van der Waals surface area (Å²) in [6.07, 6.45) is -0.729. The van der Waals surface area contributed by atoms with Crippen LogP contribution in [0.1, 0.15) is 20.3 Å². The third-order valence-electron chi connectivity index (χ3n) is 1.03. The van der Waals surface area contributed by atoms with Crippen LogP contribution in [0.2, 0.25) is 0 Å². The maximum Gasteiger partial charge on any atom is 0.110 e. The first-order valence-corrected chi connectivity index (χ1v) is 4.94. The molecule has 2 atom stereocenters. The van der Waals surface area contributed by atoms with Crippen LogP contribution in [0, 0.1) is 0 Å². The first-order chi connectivity index (χ1) is 7.12. The van der Waals surface area contributed by atoms with Gasteiger partial charge in [0.25, 0.3) is 0 Å². The molecular formula is C9H22O6. The quantitative estimate of drug-likeness (QED) is 0.254. The molecule has 0 aliphatic rings. The number of hydrogen-bond acceptors (Lipinski definition) is 6. The van der Waals surface area contributed by atoms with E-state index in [-0.39, 0.29) is 13.2 Å². The molecule has 0 aromatic rings. The van der Waals surface area contributed by atoms with Gasteiger partial charge in [-0.15, -0.1) is 0 Å². The fourth-order valence-electron chi connectivity index (χ4n) is 0.359. The van der Waals surface area contributed by atoms with E-state index in [1.54, 1.807) is 0 Å². The number of hydrogen-bond donors (Lipinski definition) is 4. The lowest BCUT2D eigenvalue weighted by atomic mass is 10.4. The van der Waals surface area contributed by atoms with E-state index in [1.165, 1.54) is 6.42 Å². The number of rotatable bonds is 7. The standard InChI is InChI=1S/C6H14O6.C3H8/c7-1-5(9)3-11-12-4-6(10)2-8;1-3-2/h5-10H,1-4H2;3H2,1-2H3. The van der Waals surface area contributed by atoms with Gasteiger partial charge in [-0.1, -0.05) is 20.3 Å². The van der Waals surface area contributed by atoms with Gasteiger partial charge in [-0.2, -0.15) is 0 Å². The monoisotopic (exact) mass is 226 g/mol. The summed E-state index contributed by atoms with van der Waals surface area (Å²) in [5.41, 5.74) is 0. The minimum atomic E-state index is -0.990. The molecule has 0 heterocycles. The molecule has 94 valence electrons. The Morgan fingerprint density at radius 1 is 0.867 bits per heavy atom. The van der Waals surface area contributed by atoms with E-state index in [9.17, 15) is 0 Å². The molecule has 0 fully saturated rings. The summed E-state index contributed by atoms with van der Waals surface area (Å²) in [5, 5.41) is 34.1. The van der Waals surface area contributed by atoms with E-state index in [0.717, 1.165) is 0 Å². The highest BCUT2D eigenvalue weighted by atomic mass is 17.2. The largest absolute Gasteiger partial charge is 0.394 e. The van der Waals surface area contributed by atoms with E-state index < -0.39 is 25.4 Å². The van der Waals surface area contributed by atoms with Gasteiger partial charge >= 0.3 is 0 Å². The zero-order valence-corrected chi connectivity index (χ0v) is 9.30. The first-order valence-electron chi connectivity index (χ1n) is 4.94. The lowest BCUT2D eigenvalue weighted by Crippen LogP contribution is -2.23. The lowest BCUT2D eigenvalue weighted by Gasteiger charge is -2.09. The second-order valence-electron chi connectivity index (χ2n) is 2.95. The zero-order chi connectivity index (χ0) is 12.1. The average Bonchev–Trinajstić information content (AvgIpc) is 2.24. The van der Waals surface area contributed by atoms with Gasteiger partial charge < -0.3 is 20.4 Å². The molecule has 0 saturated carbocycles. The number of aliphatic hydroxyl groups is 4. The van der Waals surface area contributed by atoms with Crippen LogP contribution in [0.4, 0.5) is 0 Å². The summed E-state index contributed by atoms with van der Waals surface area (Å²) in [4.78, 5) is 8.76. The topological polar surface area (TPSA) is 99.4 Å². The third-order valence-corrected chi connectivity index (χ3v) is 1.03. The smallest absolute Gasteiger partial charge is 0.110 e.